The van der Waals surface area contributed by atoms with Crippen molar-refractivity contribution in [3.63, 3.8) is 0 Å². The molecule has 26 heavy (non-hydrogen) atoms. The van der Waals surface area contributed by atoms with Crippen molar-refractivity contribution >= 4 is 64.1 Å². The quantitative estimate of drug-likeness (QED) is 0.132. The van der Waals surface area contributed by atoms with Crippen molar-refractivity contribution in [2.75, 3.05) is 34.4 Å². The Bertz CT molecular complexity index is 617. The van der Waals surface area contributed by atoms with Crippen LogP contribution in [-0.2, 0) is 29.6 Å². The lowest BCUT2D eigenvalue weighted by Gasteiger charge is -2.54. The molecule has 12 heteroatoms. The molecule has 0 radical (unpaired) electrons. The SMILES string of the molecule is COCO[C@@]1(Cc2cc(O)ccn2)C(=O)N(COC)[C@H]1COSP(I)I. The predicted molar refractivity (Wildman–Crippen MR) is 116 cm³/mol. The Hall–Kier alpha value is 0.500. The van der Waals surface area contributed by atoms with Gasteiger partial charge in [-0.15, -0.1) is 0 Å². The van der Waals surface area contributed by atoms with Crippen molar-refractivity contribution in [3.8, 4) is 5.75 Å². The van der Waals surface area contributed by atoms with Crippen LogP contribution in [0.15, 0.2) is 18.3 Å². The number of carbonyl (C=O) groups is 1. The number of pyridine rings is 1. The molecule has 0 aliphatic carbocycles. The number of aromatic nitrogens is 1. The number of hydrogen-bond acceptors (Lipinski definition) is 8. The molecule has 1 aliphatic heterocycles. The topological polar surface area (TPSA) is 90.4 Å². The fourth-order valence-electron chi connectivity index (χ4n) is 2.76. The summed E-state index contributed by atoms with van der Waals surface area (Å²) < 4.78 is 21.4. The highest BCUT2D eigenvalue weighted by Crippen LogP contribution is 2.65. The molecule has 1 fully saturated rings. The maximum absolute atomic E-state index is 12.9. The first-order chi connectivity index (χ1) is 12.4. The highest BCUT2D eigenvalue weighted by atomic mass is 127. The van der Waals surface area contributed by atoms with E-state index in [1.165, 1.54) is 44.2 Å². The predicted octanol–water partition coefficient (Wildman–Crippen LogP) is 3.27. The maximum atomic E-state index is 12.9. The van der Waals surface area contributed by atoms with Gasteiger partial charge in [-0.05, 0) is 50.1 Å². The molecule has 2 heterocycles. The molecule has 0 spiro atoms. The lowest BCUT2D eigenvalue weighted by Crippen LogP contribution is -2.77. The molecule has 0 unspecified atom stereocenters. The monoisotopic (exact) mass is 628 g/mol. The number of halogens is 2. The van der Waals surface area contributed by atoms with Crippen LogP contribution in [0.5, 0.6) is 5.75 Å². The molecule has 8 nitrogen and oxygen atoms in total. The number of likely N-dealkylation sites (tertiary alicyclic amines) is 1. The summed E-state index contributed by atoms with van der Waals surface area (Å²) in [5, 5.41) is 9.70. The Morgan fingerprint density at radius 2 is 2.19 bits per heavy atom. The van der Waals surface area contributed by atoms with Gasteiger partial charge in [0.25, 0.3) is 5.91 Å². The highest BCUT2D eigenvalue weighted by Gasteiger charge is 2.62. The van der Waals surface area contributed by atoms with Crippen molar-refractivity contribution in [2.45, 2.75) is 18.1 Å². The first kappa shape index (κ1) is 22.8. The summed E-state index contributed by atoms with van der Waals surface area (Å²) in [7, 11) is 3.03. The maximum Gasteiger partial charge on any atom is 0.259 e. The molecule has 1 N–H and O–H groups in total. The Morgan fingerprint density at radius 1 is 1.42 bits per heavy atom. The van der Waals surface area contributed by atoms with Gasteiger partial charge in [0.2, 0.25) is 0 Å². The van der Waals surface area contributed by atoms with Gasteiger partial charge in [0.1, 0.15) is 21.7 Å². The lowest BCUT2D eigenvalue weighted by atomic mass is 9.79. The molecule has 1 saturated heterocycles. The molecular formula is C14H19I2N2O6PS. The van der Waals surface area contributed by atoms with E-state index in [0.717, 1.165) is 0 Å². The minimum Gasteiger partial charge on any atom is -0.508 e. The summed E-state index contributed by atoms with van der Waals surface area (Å²) in [6.07, 6.45) is 1.69. The summed E-state index contributed by atoms with van der Waals surface area (Å²) in [6, 6.07) is 2.64. The molecule has 1 amide bonds. The molecule has 0 saturated carbocycles. The largest absolute Gasteiger partial charge is 0.508 e. The van der Waals surface area contributed by atoms with E-state index in [0.29, 0.717) is 5.69 Å². The zero-order chi connectivity index (χ0) is 19.2. The third-order valence-electron chi connectivity index (χ3n) is 3.82. The zero-order valence-corrected chi connectivity index (χ0v) is 20.2. The smallest absolute Gasteiger partial charge is 0.259 e. The lowest BCUT2D eigenvalue weighted by molar-refractivity contribution is -0.236. The average Bonchev–Trinajstić information content (AvgIpc) is 2.60. The Balaban J connectivity index is 2.24. The van der Waals surface area contributed by atoms with E-state index in [2.05, 4.69) is 49.1 Å². The van der Waals surface area contributed by atoms with E-state index >= 15 is 0 Å². The minimum absolute atomic E-state index is 0.0414. The van der Waals surface area contributed by atoms with Crippen molar-refractivity contribution < 1.29 is 28.3 Å². The third kappa shape index (κ3) is 5.52. The molecule has 2 atom stereocenters. The summed E-state index contributed by atoms with van der Waals surface area (Å²) in [5.74, 6) is -0.132. The van der Waals surface area contributed by atoms with E-state index in [-0.39, 0.29) is 46.7 Å². The summed E-state index contributed by atoms with van der Waals surface area (Å²) >= 11 is 5.97. The van der Waals surface area contributed by atoms with Crippen molar-refractivity contribution in [1.82, 2.24) is 9.88 Å². The normalized spacial score (nSPS) is 22.7. The van der Waals surface area contributed by atoms with Gasteiger partial charge in [-0.2, -0.15) is 0 Å². The number of ether oxygens (including phenoxy) is 3. The standard InChI is InChI=1S/C14H19I2N2O6PS/c1-21-8-18-12(7-24-26-25(15)16)14(13(18)20,23-9-22-2)6-10-5-11(19)3-4-17-10/h3-5,12H,6-9H2,1-2H3,(H,17,19)/t12-,14+/m0/s1. The van der Waals surface area contributed by atoms with Gasteiger partial charge in [0, 0.05) is 50.3 Å². The number of hydrogen-bond donors (Lipinski definition) is 1. The zero-order valence-electron chi connectivity index (χ0n) is 14.1. The first-order valence-corrected chi connectivity index (χ1v) is 15.7. The van der Waals surface area contributed by atoms with Crippen LogP contribution in [0, 0.1) is 0 Å². The van der Waals surface area contributed by atoms with Crippen LogP contribution in [0.2, 0.25) is 0 Å². The second-order valence-corrected chi connectivity index (χ2v) is 23.0. The summed E-state index contributed by atoms with van der Waals surface area (Å²) in [6.45, 7) is 0.389. The molecule has 146 valence electrons. The van der Waals surface area contributed by atoms with E-state index in [4.69, 9.17) is 18.4 Å². The number of carbonyl (C=O) groups excluding carboxylic acids is 1. The summed E-state index contributed by atoms with van der Waals surface area (Å²) in [4.78, 5) is 18.7. The molecular weight excluding hydrogens is 609 g/mol. The molecule has 0 bridgehead atoms. The van der Waals surface area contributed by atoms with Gasteiger partial charge in [-0.25, -0.2) is 0 Å². The molecule has 1 aromatic heterocycles. The Kier molecular flexibility index (Phi) is 9.54. The summed E-state index contributed by atoms with van der Waals surface area (Å²) in [5.41, 5.74) is -0.621. The molecule has 2 rings (SSSR count). The van der Waals surface area contributed by atoms with Gasteiger partial charge >= 0.3 is 0 Å². The molecule has 1 aliphatic rings. The van der Waals surface area contributed by atoms with Gasteiger partial charge in [-0.3, -0.25) is 9.78 Å². The van der Waals surface area contributed by atoms with Crippen LogP contribution in [0.3, 0.4) is 0 Å². The second-order valence-electron chi connectivity index (χ2n) is 5.39. The van der Waals surface area contributed by atoms with Crippen LogP contribution in [0.1, 0.15) is 5.69 Å². The number of rotatable bonds is 11. The second kappa shape index (κ2) is 10.9. The van der Waals surface area contributed by atoms with Crippen molar-refractivity contribution in [1.29, 1.82) is 0 Å². The van der Waals surface area contributed by atoms with E-state index in [1.54, 1.807) is 4.90 Å². The van der Waals surface area contributed by atoms with Gasteiger partial charge < -0.3 is 28.4 Å². The first-order valence-electron chi connectivity index (χ1n) is 7.42. The van der Waals surface area contributed by atoms with E-state index in [1.807, 2.05) is 0 Å². The third-order valence-corrected chi connectivity index (χ3v) is 7.72. The van der Waals surface area contributed by atoms with Crippen molar-refractivity contribution in [2.24, 2.45) is 0 Å². The average molecular weight is 628 g/mol. The van der Waals surface area contributed by atoms with Crippen LogP contribution >= 0.6 is 58.2 Å². The van der Waals surface area contributed by atoms with Crippen LogP contribution in [0.25, 0.3) is 0 Å². The minimum atomic E-state index is -1.17. The molecule has 1 aromatic rings. The van der Waals surface area contributed by atoms with Crippen molar-refractivity contribution in [3.05, 3.63) is 24.0 Å². The van der Waals surface area contributed by atoms with Crippen LogP contribution < -0.4 is 0 Å². The number of amides is 1. The Labute approximate surface area is 183 Å². The van der Waals surface area contributed by atoms with Crippen LogP contribution in [0.4, 0.5) is 0 Å². The van der Waals surface area contributed by atoms with E-state index in [9.17, 15) is 9.90 Å². The fourth-order valence-corrected chi connectivity index (χ4v) is 5.50. The molecule has 0 aromatic carbocycles. The number of nitrogens with zero attached hydrogens (tertiary/aromatic N) is 2. The number of β-lactam (4-membered cyclic amide) rings is 1. The fraction of sp³-hybridized carbons (Fsp3) is 0.571. The Morgan fingerprint density at radius 3 is 2.81 bits per heavy atom. The number of methoxy groups -OCH3 is 2. The van der Waals surface area contributed by atoms with Gasteiger partial charge in [0.15, 0.2) is 5.60 Å². The number of aromatic hydroxyl groups is 1. The van der Waals surface area contributed by atoms with Crippen LogP contribution in [-0.4, -0.2) is 66.9 Å². The van der Waals surface area contributed by atoms with E-state index < -0.39 is 5.60 Å². The van der Waals surface area contributed by atoms with Gasteiger partial charge in [-0.1, -0.05) is 0 Å². The van der Waals surface area contributed by atoms with Gasteiger partial charge in [0.05, 0.1) is 12.6 Å². The highest BCUT2D eigenvalue weighted by molar-refractivity contribution is 14.3.